The predicted molar refractivity (Wildman–Crippen MR) is 64.1 cm³/mol. The van der Waals surface area contributed by atoms with Crippen molar-refractivity contribution in [1.29, 1.82) is 0 Å². The highest BCUT2D eigenvalue weighted by molar-refractivity contribution is 5.39. The largest absolute Gasteiger partial charge is 0.493 e. The minimum Gasteiger partial charge on any atom is -0.493 e. The van der Waals surface area contributed by atoms with Crippen molar-refractivity contribution in [3.63, 3.8) is 0 Å². The summed E-state index contributed by atoms with van der Waals surface area (Å²) in [5, 5.41) is 3.42. The van der Waals surface area contributed by atoms with Gasteiger partial charge in [0.25, 0.3) is 0 Å². The highest BCUT2D eigenvalue weighted by Gasteiger charge is 2.20. The minimum atomic E-state index is 0.299. The van der Waals surface area contributed by atoms with Crippen molar-refractivity contribution in [1.82, 2.24) is 5.32 Å². The molecule has 0 radical (unpaired) electrons. The quantitative estimate of drug-likeness (QED) is 0.849. The van der Waals surface area contributed by atoms with E-state index in [9.17, 15) is 0 Å². The van der Waals surface area contributed by atoms with Gasteiger partial charge < -0.3 is 14.8 Å². The van der Waals surface area contributed by atoms with Crippen LogP contribution < -0.4 is 14.8 Å². The number of ether oxygens (including phenoxy) is 2. The molecule has 0 bridgehead atoms. The van der Waals surface area contributed by atoms with Gasteiger partial charge in [0.1, 0.15) is 6.10 Å². The van der Waals surface area contributed by atoms with Gasteiger partial charge in [0, 0.05) is 6.04 Å². The molecular formula is C13H19NO2. The lowest BCUT2D eigenvalue weighted by Gasteiger charge is -2.28. The molecule has 1 N–H and O–H groups in total. The average molecular weight is 221 g/mol. The molecule has 1 aliphatic heterocycles. The maximum Gasteiger partial charge on any atom is 0.161 e. The molecule has 0 amide bonds. The summed E-state index contributed by atoms with van der Waals surface area (Å²) in [6.07, 6.45) is 2.41. The van der Waals surface area contributed by atoms with Crippen molar-refractivity contribution >= 4 is 0 Å². The van der Waals surface area contributed by atoms with Crippen molar-refractivity contribution in [2.75, 3.05) is 13.7 Å². The molecule has 2 unspecified atom stereocenters. The Bertz CT molecular complexity index is 340. The Morgan fingerprint density at radius 1 is 1.25 bits per heavy atom. The molecule has 2 atom stereocenters. The predicted octanol–water partition coefficient (Wildman–Crippen LogP) is 2.21. The van der Waals surface area contributed by atoms with Crippen LogP contribution in [0.15, 0.2) is 24.3 Å². The fourth-order valence-electron chi connectivity index (χ4n) is 2.09. The van der Waals surface area contributed by atoms with E-state index in [1.807, 2.05) is 24.3 Å². The van der Waals surface area contributed by atoms with Crippen LogP contribution in [-0.4, -0.2) is 25.8 Å². The third-order valence-electron chi connectivity index (χ3n) is 2.94. The molecule has 0 aliphatic carbocycles. The molecule has 16 heavy (non-hydrogen) atoms. The lowest BCUT2D eigenvalue weighted by atomic mass is 10.0. The summed E-state index contributed by atoms with van der Waals surface area (Å²) >= 11 is 0. The molecule has 1 heterocycles. The maximum absolute atomic E-state index is 5.98. The zero-order chi connectivity index (χ0) is 11.4. The van der Waals surface area contributed by atoms with Gasteiger partial charge in [-0.2, -0.15) is 0 Å². The summed E-state index contributed by atoms with van der Waals surface area (Å²) in [7, 11) is 1.67. The fraction of sp³-hybridized carbons (Fsp3) is 0.538. The van der Waals surface area contributed by atoms with Crippen molar-refractivity contribution in [2.45, 2.75) is 31.9 Å². The Morgan fingerprint density at radius 2 is 2.00 bits per heavy atom. The number of benzene rings is 1. The first-order valence-electron chi connectivity index (χ1n) is 5.82. The van der Waals surface area contributed by atoms with E-state index in [4.69, 9.17) is 9.47 Å². The molecule has 1 aromatic rings. The van der Waals surface area contributed by atoms with Gasteiger partial charge in [-0.15, -0.1) is 0 Å². The van der Waals surface area contributed by atoms with Crippen LogP contribution in [0.25, 0.3) is 0 Å². The molecule has 3 nitrogen and oxygen atoms in total. The Kier molecular flexibility index (Phi) is 3.67. The summed E-state index contributed by atoms with van der Waals surface area (Å²) in [6, 6.07) is 8.36. The second-order valence-corrected chi connectivity index (χ2v) is 4.27. The van der Waals surface area contributed by atoms with Crippen molar-refractivity contribution < 1.29 is 9.47 Å². The highest BCUT2D eigenvalue weighted by atomic mass is 16.5. The van der Waals surface area contributed by atoms with Crippen LogP contribution in [0.2, 0.25) is 0 Å². The van der Waals surface area contributed by atoms with Gasteiger partial charge in [-0.05, 0) is 38.4 Å². The van der Waals surface area contributed by atoms with E-state index in [-0.39, 0.29) is 0 Å². The minimum absolute atomic E-state index is 0.299. The first kappa shape index (κ1) is 11.3. The number of para-hydroxylation sites is 2. The van der Waals surface area contributed by atoms with E-state index in [0.717, 1.165) is 30.9 Å². The molecule has 3 heteroatoms. The maximum atomic E-state index is 5.98. The number of methoxy groups -OCH3 is 1. The van der Waals surface area contributed by atoms with E-state index in [2.05, 4.69) is 12.2 Å². The summed E-state index contributed by atoms with van der Waals surface area (Å²) < 4.78 is 11.3. The Labute approximate surface area is 96.8 Å². The smallest absolute Gasteiger partial charge is 0.161 e. The second-order valence-electron chi connectivity index (χ2n) is 4.27. The van der Waals surface area contributed by atoms with Crippen LogP contribution in [-0.2, 0) is 0 Å². The molecular weight excluding hydrogens is 202 g/mol. The van der Waals surface area contributed by atoms with Crippen LogP contribution >= 0.6 is 0 Å². The zero-order valence-electron chi connectivity index (χ0n) is 9.90. The number of nitrogens with one attached hydrogen (secondary N) is 1. The lowest BCUT2D eigenvalue weighted by molar-refractivity contribution is 0.139. The van der Waals surface area contributed by atoms with Gasteiger partial charge in [-0.25, -0.2) is 0 Å². The van der Waals surface area contributed by atoms with E-state index in [1.165, 1.54) is 0 Å². The van der Waals surface area contributed by atoms with Crippen molar-refractivity contribution in [2.24, 2.45) is 0 Å². The number of rotatable bonds is 3. The topological polar surface area (TPSA) is 30.5 Å². The van der Waals surface area contributed by atoms with Gasteiger partial charge in [0.15, 0.2) is 11.5 Å². The van der Waals surface area contributed by atoms with E-state index < -0.39 is 0 Å². The van der Waals surface area contributed by atoms with E-state index in [1.54, 1.807) is 7.11 Å². The van der Waals surface area contributed by atoms with Gasteiger partial charge in [-0.1, -0.05) is 12.1 Å². The van der Waals surface area contributed by atoms with Crippen LogP contribution in [0.1, 0.15) is 19.8 Å². The van der Waals surface area contributed by atoms with Crippen molar-refractivity contribution in [3.05, 3.63) is 24.3 Å². The SMILES string of the molecule is COc1ccccc1OC1CCNC(C)C1. The van der Waals surface area contributed by atoms with Gasteiger partial charge in [0.2, 0.25) is 0 Å². The molecule has 2 rings (SSSR count). The monoisotopic (exact) mass is 221 g/mol. The third kappa shape index (κ3) is 2.67. The first-order valence-corrected chi connectivity index (χ1v) is 5.82. The molecule has 0 aromatic heterocycles. The molecule has 1 saturated heterocycles. The highest BCUT2D eigenvalue weighted by Crippen LogP contribution is 2.28. The number of piperidine rings is 1. The molecule has 1 fully saturated rings. The standard InChI is InChI=1S/C13H19NO2/c1-10-9-11(7-8-14-10)16-13-6-4-3-5-12(13)15-2/h3-6,10-11,14H,7-9H2,1-2H3. The zero-order valence-corrected chi connectivity index (χ0v) is 9.90. The number of hydrogen-bond donors (Lipinski definition) is 1. The summed E-state index contributed by atoms with van der Waals surface area (Å²) in [5.74, 6) is 1.66. The second kappa shape index (κ2) is 5.21. The Balaban J connectivity index is 2.02. The van der Waals surface area contributed by atoms with Crippen LogP contribution in [0.5, 0.6) is 11.5 Å². The Morgan fingerprint density at radius 3 is 2.69 bits per heavy atom. The van der Waals surface area contributed by atoms with Crippen LogP contribution in [0, 0.1) is 0 Å². The summed E-state index contributed by atoms with van der Waals surface area (Å²) in [6.45, 7) is 3.22. The summed E-state index contributed by atoms with van der Waals surface area (Å²) in [4.78, 5) is 0. The van der Waals surface area contributed by atoms with Crippen molar-refractivity contribution in [3.8, 4) is 11.5 Å². The van der Waals surface area contributed by atoms with E-state index in [0.29, 0.717) is 12.1 Å². The normalized spacial score (nSPS) is 25.1. The van der Waals surface area contributed by atoms with Crippen LogP contribution in [0.4, 0.5) is 0 Å². The van der Waals surface area contributed by atoms with Crippen LogP contribution in [0.3, 0.4) is 0 Å². The molecule has 88 valence electrons. The summed E-state index contributed by atoms with van der Waals surface area (Å²) in [5.41, 5.74) is 0. The van der Waals surface area contributed by atoms with E-state index >= 15 is 0 Å². The third-order valence-corrected chi connectivity index (χ3v) is 2.94. The lowest BCUT2D eigenvalue weighted by Crippen LogP contribution is -2.40. The number of hydrogen-bond acceptors (Lipinski definition) is 3. The molecule has 1 aromatic carbocycles. The average Bonchev–Trinajstić information content (AvgIpc) is 2.30. The van der Waals surface area contributed by atoms with Gasteiger partial charge in [-0.3, -0.25) is 0 Å². The first-order chi connectivity index (χ1) is 7.79. The van der Waals surface area contributed by atoms with Gasteiger partial charge in [0.05, 0.1) is 7.11 Å². The Hall–Kier alpha value is -1.22. The fourth-order valence-corrected chi connectivity index (χ4v) is 2.09. The van der Waals surface area contributed by atoms with Gasteiger partial charge >= 0.3 is 0 Å². The molecule has 1 aliphatic rings. The molecule has 0 saturated carbocycles. The molecule has 0 spiro atoms.